The van der Waals surface area contributed by atoms with E-state index in [1.165, 1.54) is 4.90 Å². The molecule has 2 amide bonds. The molecule has 1 saturated heterocycles. The van der Waals surface area contributed by atoms with Gasteiger partial charge in [0.05, 0.1) is 22.8 Å². The lowest BCUT2D eigenvalue weighted by Gasteiger charge is -2.17. The quantitative estimate of drug-likeness (QED) is 0.593. The number of amidine groups is 1. The SMILES string of the molecule is O=C(CCCCCN=C1NS(=O)(=O)c2ccccc21)Nc1ccccc1N1CCOC1=O. The van der Waals surface area contributed by atoms with E-state index in [4.69, 9.17) is 4.74 Å². The second kappa shape index (κ2) is 9.39. The highest BCUT2D eigenvalue weighted by Gasteiger charge is 2.30. The highest BCUT2D eigenvalue weighted by Crippen LogP contribution is 2.28. The number of fused-ring (bicyclic) bond motifs is 1. The van der Waals surface area contributed by atoms with Crippen LogP contribution in [0.3, 0.4) is 0 Å². The lowest BCUT2D eigenvalue weighted by Crippen LogP contribution is -2.25. The Morgan fingerprint density at radius 2 is 1.88 bits per heavy atom. The molecule has 0 unspecified atom stereocenters. The number of ether oxygens (including phenoxy) is 1. The molecule has 0 bridgehead atoms. The van der Waals surface area contributed by atoms with Gasteiger partial charge in [0.1, 0.15) is 12.4 Å². The Balaban J connectivity index is 1.23. The Kier molecular flexibility index (Phi) is 6.40. The van der Waals surface area contributed by atoms with Gasteiger partial charge in [0.25, 0.3) is 10.0 Å². The number of aliphatic imine (C=N–C) groups is 1. The lowest BCUT2D eigenvalue weighted by molar-refractivity contribution is -0.116. The first-order chi connectivity index (χ1) is 15.5. The number of unbranched alkanes of at least 4 members (excludes halogenated alkanes) is 2. The number of nitrogens with zero attached hydrogens (tertiary/aromatic N) is 2. The molecule has 32 heavy (non-hydrogen) atoms. The van der Waals surface area contributed by atoms with Crippen LogP contribution in [0.4, 0.5) is 16.2 Å². The van der Waals surface area contributed by atoms with E-state index in [1.54, 1.807) is 48.5 Å². The van der Waals surface area contributed by atoms with Gasteiger partial charge in [0, 0.05) is 18.5 Å². The van der Waals surface area contributed by atoms with E-state index >= 15 is 0 Å². The van der Waals surface area contributed by atoms with Crippen LogP contribution in [0.2, 0.25) is 0 Å². The van der Waals surface area contributed by atoms with E-state index in [9.17, 15) is 18.0 Å². The summed E-state index contributed by atoms with van der Waals surface area (Å²) in [7, 11) is -3.52. The van der Waals surface area contributed by atoms with Gasteiger partial charge in [0.2, 0.25) is 5.91 Å². The first kappa shape index (κ1) is 21.8. The molecule has 1 fully saturated rings. The third-order valence-electron chi connectivity index (χ3n) is 5.22. The molecule has 9 nitrogen and oxygen atoms in total. The van der Waals surface area contributed by atoms with Crippen molar-refractivity contribution in [3.63, 3.8) is 0 Å². The van der Waals surface area contributed by atoms with Gasteiger partial charge in [-0.1, -0.05) is 30.7 Å². The summed E-state index contributed by atoms with van der Waals surface area (Å²) in [6, 6.07) is 13.9. The highest BCUT2D eigenvalue weighted by atomic mass is 32.2. The zero-order valence-corrected chi connectivity index (χ0v) is 18.2. The molecule has 2 heterocycles. The van der Waals surface area contributed by atoms with Gasteiger partial charge in [-0.2, -0.15) is 0 Å². The molecular formula is C22H24N4O5S. The number of rotatable bonds is 8. The number of carbonyl (C=O) groups excluding carboxylic acids is 2. The van der Waals surface area contributed by atoms with E-state index < -0.39 is 16.1 Å². The maximum absolute atomic E-state index is 12.4. The predicted molar refractivity (Wildman–Crippen MR) is 120 cm³/mol. The van der Waals surface area contributed by atoms with Gasteiger partial charge in [-0.3, -0.25) is 19.4 Å². The lowest BCUT2D eigenvalue weighted by atomic mass is 10.1. The Labute approximate surface area is 186 Å². The molecular weight excluding hydrogens is 432 g/mol. The molecule has 0 atom stereocenters. The number of cyclic esters (lactones) is 1. The van der Waals surface area contributed by atoms with E-state index in [0.29, 0.717) is 55.3 Å². The number of hydrogen-bond acceptors (Lipinski definition) is 6. The largest absolute Gasteiger partial charge is 0.447 e. The van der Waals surface area contributed by atoms with Crippen LogP contribution in [0, 0.1) is 0 Å². The molecule has 2 N–H and O–H groups in total. The summed E-state index contributed by atoms with van der Waals surface area (Å²) in [6.07, 6.45) is 2.10. The number of sulfonamides is 1. The summed E-state index contributed by atoms with van der Waals surface area (Å²) in [6.45, 7) is 1.25. The van der Waals surface area contributed by atoms with Crippen molar-refractivity contribution in [2.45, 2.75) is 30.6 Å². The predicted octanol–water partition coefficient (Wildman–Crippen LogP) is 2.88. The maximum Gasteiger partial charge on any atom is 0.414 e. The number of para-hydroxylation sites is 2. The molecule has 2 aromatic carbocycles. The average Bonchev–Trinajstić information content (AvgIpc) is 3.31. The Morgan fingerprint density at radius 3 is 2.69 bits per heavy atom. The first-order valence-electron chi connectivity index (χ1n) is 10.5. The molecule has 2 aliphatic heterocycles. The van der Waals surface area contributed by atoms with E-state index in [-0.39, 0.29) is 10.8 Å². The molecule has 2 aliphatic rings. The van der Waals surface area contributed by atoms with Gasteiger partial charge in [-0.15, -0.1) is 0 Å². The van der Waals surface area contributed by atoms with Gasteiger partial charge in [-0.25, -0.2) is 13.2 Å². The fraction of sp³-hybridized carbons (Fsp3) is 0.318. The van der Waals surface area contributed by atoms with Gasteiger partial charge in [0.15, 0.2) is 0 Å². The fourth-order valence-electron chi connectivity index (χ4n) is 3.66. The molecule has 10 heteroatoms. The average molecular weight is 457 g/mol. The van der Waals surface area contributed by atoms with Crippen molar-refractivity contribution in [3.05, 3.63) is 54.1 Å². The number of anilines is 2. The molecule has 168 valence electrons. The van der Waals surface area contributed by atoms with Crippen LogP contribution in [0.5, 0.6) is 0 Å². The summed E-state index contributed by atoms with van der Waals surface area (Å²) in [5.74, 6) is 0.240. The van der Waals surface area contributed by atoms with Crippen molar-refractivity contribution in [1.82, 2.24) is 4.72 Å². The third-order valence-corrected chi connectivity index (χ3v) is 6.62. The zero-order chi connectivity index (χ0) is 22.6. The number of hydrogen-bond donors (Lipinski definition) is 2. The molecule has 0 radical (unpaired) electrons. The summed E-state index contributed by atoms with van der Waals surface area (Å²) >= 11 is 0. The monoisotopic (exact) mass is 456 g/mol. The standard InChI is InChI=1S/C22H24N4O5S/c27-20(24-17-9-4-5-10-18(17)26-14-15-31-22(26)28)12-2-1-7-13-23-21-16-8-3-6-11-19(16)32(29,30)25-21/h3-6,8-11H,1-2,7,12-15H2,(H,23,25)(H,24,27). The highest BCUT2D eigenvalue weighted by molar-refractivity contribution is 7.90. The van der Waals surface area contributed by atoms with Crippen LogP contribution >= 0.6 is 0 Å². The zero-order valence-electron chi connectivity index (χ0n) is 17.4. The minimum atomic E-state index is -3.52. The van der Waals surface area contributed by atoms with Gasteiger partial charge in [-0.05, 0) is 37.1 Å². The summed E-state index contributed by atoms with van der Waals surface area (Å²) in [5.41, 5.74) is 1.79. The summed E-state index contributed by atoms with van der Waals surface area (Å²) in [5, 5.41) is 2.87. The molecule has 0 aromatic heterocycles. The van der Waals surface area contributed by atoms with Crippen LogP contribution in [0.25, 0.3) is 0 Å². The minimum absolute atomic E-state index is 0.131. The van der Waals surface area contributed by atoms with Crippen molar-refractivity contribution in [3.8, 4) is 0 Å². The Bertz CT molecular complexity index is 1160. The number of carbonyl (C=O) groups is 2. The van der Waals surface area contributed by atoms with E-state index in [0.717, 1.165) is 12.8 Å². The summed E-state index contributed by atoms with van der Waals surface area (Å²) in [4.78, 5) is 30.3. The van der Waals surface area contributed by atoms with Crippen molar-refractivity contribution in [1.29, 1.82) is 0 Å². The van der Waals surface area contributed by atoms with Crippen molar-refractivity contribution < 1.29 is 22.7 Å². The normalized spacial score (nSPS) is 17.7. The van der Waals surface area contributed by atoms with Gasteiger partial charge < -0.3 is 10.1 Å². The molecule has 4 rings (SSSR count). The van der Waals surface area contributed by atoms with Gasteiger partial charge >= 0.3 is 6.09 Å². The van der Waals surface area contributed by atoms with E-state index in [2.05, 4.69) is 15.0 Å². The van der Waals surface area contributed by atoms with Crippen LogP contribution in [0.15, 0.2) is 58.4 Å². The van der Waals surface area contributed by atoms with Crippen LogP contribution in [0.1, 0.15) is 31.2 Å². The van der Waals surface area contributed by atoms with Crippen LogP contribution < -0.4 is 14.9 Å². The molecule has 0 aliphatic carbocycles. The topological polar surface area (TPSA) is 117 Å². The second-order valence-electron chi connectivity index (χ2n) is 7.47. The van der Waals surface area contributed by atoms with Crippen LogP contribution in [-0.4, -0.2) is 46.0 Å². The smallest absolute Gasteiger partial charge is 0.414 e. The van der Waals surface area contributed by atoms with Crippen molar-refractivity contribution in [2.24, 2.45) is 4.99 Å². The minimum Gasteiger partial charge on any atom is -0.447 e. The number of benzene rings is 2. The maximum atomic E-state index is 12.4. The third kappa shape index (κ3) is 4.75. The second-order valence-corrected chi connectivity index (χ2v) is 9.12. The van der Waals surface area contributed by atoms with Crippen molar-refractivity contribution >= 4 is 39.2 Å². The summed E-state index contributed by atoms with van der Waals surface area (Å²) < 4.78 is 31.6. The Morgan fingerprint density at radius 1 is 1.09 bits per heavy atom. The fourth-order valence-corrected chi connectivity index (χ4v) is 4.91. The first-order valence-corrected chi connectivity index (χ1v) is 11.9. The molecule has 0 saturated carbocycles. The molecule has 0 spiro atoms. The van der Waals surface area contributed by atoms with E-state index in [1.807, 2.05) is 0 Å². The van der Waals surface area contributed by atoms with Crippen molar-refractivity contribution in [2.75, 3.05) is 29.9 Å². The number of nitrogens with one attached hydrogen (secondary N) is 2. The van der Waals surface area contributed by atoms with Crippen LogP contribution in [-0.2, 0) is 19.6 Å². The number of amides is 2. The Hall–Kier alpha value is -3.40. The molecule has 2 aromatic rings.